The number of hydrogen-bond acceptors (Lipinski definition) is 6. The highest BCUT2D eigenvalue weighted by Crippen LogP contribution is 2.33. The van der Waals surface area contributed by atoms with E-state index >= 15 is 0 Å². The first-order valence-corrected chi connectivity index (χ1v) is 11.5. The zero-order valence-electron chi connectivity index (χ0n) is 19.9. The van der Waals surface area contributed by atoms with E-state index in [0.717, 1.165) is 36.1 Å². The van der Waals surface area contributed by atoms with Crippen molar-refractivity contribution in [1.82, 2.24) is 10.2 Å². The van der Waals surface area contributed by atoms with Crippen molar-refractivity contribution in [3.05, 3.63) is 58.7 Å². The van der Waals surface area contributed by atoms with Crippen LogP contribution in [0.4, 0.5) is 0 Å². The molecule has 1 aliphatic heterocycles. The monoisotopic (exact) mass is 454 g/mol. The summed E-state index contributed by atoms with van der Waals surface area (Å²) < 4.78 is 17.2. The van der Waals surface area contributed by atoms with Gasteiger partial charge in [0.2, 0.25) is 5.79 Å². The third-order valence-corrected chi connectivity index (χ3v) is 6.27. The van der Waals surface area contributed by atoms with Gasteiger partial charge in [-0.1, -0.05) is 12.1 Å². The zero-order chi connectivity index (χ0) is 23.6. The number of carbonyl (C=O) groups is 1. The highest BCUT2D eigenvalue weighted by atomic mass is 16.7. The summed E-state index contributed by atoms with van der Waals surface area (Å²) in [5, 5.41) is 14.3. The van der Waals surface area contributed by atoms with E-state index in [0.29, 0.717) is 18.9 Å². The van der Waals surface area contributed by atoms with Crippen molar-refractivity contribution in [3.8, 4) is 11.5 Å². The van der Waals surface area contributed by atoms with Crippen LogP contribution >= 0.6 is 0 Å². The summed E-state index contributed by atoms with van der Waals surface area (Å²) in [6.45, 7) is 4.76. The predicted molar refractivity (Wildman–Crippen MR) is 125 cm³/mol. The maximum Gasteiger partial charge on any atom is 0.259 e. The Bertz CT molecular complexity index is 1000. The summed E-state index contributed by atoms with van der Waals surface area (Å²) in [6.07, 6.45) is 2.24. The van der Waals surface area contributed by atoms with Crippen LogP contribution in [0.3, 0.4) is 0 Å². The SMILES string of the molecule is CN(C)C(=O)COc1ccc2c(c1)C[C@H](NC[C@H](O)c1ccc3c(c1)COC(C)(C)O3)CC2. The number of nitrogens with zero attached hydrogens (tertiary/aromatic N) is 1. The van der Waals surface area contributed by atoms with Crippen molar-refractivity contribution in [3.63, 3.8) is 0 Å². The van der Waals surface area contributed by atoms with Crippen LogP contribution in [0, 0.1) is 0 Å². The van der Waals surface area contributed by atoms with Crippen molar-refractivity contribution < 1.29 is 24.1 Å². The Morgan fingerprint density at radius 1 is 1.21 bits per heavy atom. The third kappa shape index (κ3) is 5.85. The van der Waals surface area contributed by atoms with Gasteiger partial charge in [-0.2, -0.15) is 0 Å². The quantitative estimate of drug-likeness (QED) is 0.670. The topological polar surface area (TPSA) is 80.3 Å². The van der Waals surface area contributed by atoms with Gasteiger partial charge in [0.25, 0.3) is 5.91 Å². The summed E-state index contributed by atoms with van der Waals surface area (Å²) in [5.74, 6) is 0.833. The molecule has 0 spiro atoms. The van der Waals surface area contributed by atoms with Crippen LogP contribution in [0.2, 0.25) is 0 Å². The van der Waals surface area contributed by atoms with E-state index < -0.39 is 11.9 Å². The van der Waals surface area contributed by atoms with Crippen LogP contribution in [-0.2, 0) is 29.0 Å². The minimum absolute atomic E-state index is 0.0357. The Morgan fingerprint density at radius 3 is 2.82 bits per heavy atom. The molecule has 4 rings (SSSR count). The zero-order valence-corrected chi connectivity index (χ0v) is 19.9. The summed E-state index contributed by atoms with van der Waals surface area (Å²) in [5.41, 5.74) is 4.36. The van der Waals surface area contributed by atoms with Crippen molar-refractivity contribution in [2.75, 3.05) is 27.2 Å². The Morgan fingerprint density at radius 2 is 2.03 bits per heavy atom. The van der Waals surface area contributed by atoms with Crippen LogP contribution in [0.25, 0.3) is 0 Å². The van der Waals surface area contributed by atoms with Crippen molar-refractivity contribution in [2.24, 2.45) is 0 Å². The molecule has 2 aliphatic rings. The average Bonchev–Trinajstić information content (AvgIpc) is 2.79. The number of ether oxygens (including phenoxy) is 3. The van der Waals surface area contributed by atoms with Gasteiger partial charge in [0.05, 0.1) is 12.7 Å². The minimum atomic E-state index is -0.626. The van der Waals surface area contributed by atoms with E-state index in [1.165, 1.54) is 16.0 Å². The minimum Gasteiger partial charge on any atom is -0.484 e. The number of carbonyl (C=O) groups excluding carboxylic acids is 1. The van der Waals surface area contributed by atoms with Gasteiger partial charge in [0, 0.05) is 46.1 Å². The van der Waals surface area contributed by atoms with Crippen LogP contribution in [0.15, 0.2) is 36.4 Å². The molecule has 2 N–H and O–H groups in total. The largest absolute Gasteiger partial charge is 0.484 e. The summed E-state index contributed by atoms with van der Waals surface area (Å²) in [6, 6.07) is 12.1. The van der Waals surface area contributed by atoms with Gasteiger partial charge in [-0.05, 0) is 60.2 Å². The fourth-order valence-corrected chi connectivity index (χ4v) is 4.23. The Kier molecular flexibility index (Phi) is 6.93. The Hall–Kier alpha value is -2.61. The number of amides is 1. The lowest BCUT2D eigenvalue weighted by Gasteiger charge is -2.33. The van der Waals surface area contributed by atoms with Gasteiger partial charge in [-0.3, -0.25) is 4.79 Å². The van der Waals surface area contributed by atoms with Crippen molar-refractivity contribution in [2.45, 2.75) is 57.6 Å². The average molecular weight is 455 g/mol. The third-order valence-electron chi connectivity index (χ3n) is 6.27. The molecule has 2 aromatic carbocycles. The van der Waals surface area contributed by atoms with Gasteiger partial charge in [-0.25, -0.2) is 0 Å². The van der Waals surface area contributed by atoms with Crippen LogP contribution < -0.4 is 14.8 Å². The molecule has 1 amide bonds. The summed E-state index contributed by atoms with van der Waals surface area (Å²) in [4.78, 5) is 13.3. The number of benzene rings is 2. The molecule has 178 valence electrons. The maximum atomic E-state index is 11.8. The molecule has 0 unspecified atom stereocenters. The van der Waals surface area contributed by atoms with Crippen LogP contribution in [-0.4, -0.2) is 55.0 Å². The summed E-state index contributed by atoms with van der Waals surface area (Å²) in [7, 11) is 3.44. The first-order chi connectivity index (χ1) is 15.7. The molecule has 0 aromatic heterocycles. The molecule has 0 bridgehead atoms. The molecule has 7 heteroatoms. The number of nitrogens with one attached hydrogen (secondary N) is 1. The van der Waals surface area contributed by atoms with Gasteiger partial charge < -0.3 is 29.5 Å². The van der Waals surface area contributed by atoms with E-state index in [4.69, 9.17) is 14.2 Å². The second kappa shape index (κ2) is 9.71. The van der Waals surface area contributed by atoms with E-state index in [1.807, 2.05) is 44.2 Å². The first-order valence-electron chi connectivity index (χ1n) is 11.5. The lowest BCUT2D eigenvalue weighted by molar-refractivity contribution is -0.180. The fourth-order valence-electron chi connectivity index (χ4n) is 4.23. The number of aliphatic hydroxyl groups excluding tert-OH is 1. The normalized spacial score (nSPS) is 19.6. The second-order valence-corrected chi connectivity index (χ2v) is 9.53. The molecule has 0 saturated carbocycles. The van der Waals surface area contributed by atoms with E-state index in [-0.39, 0.29) is 18.6 Å². The number of likely N-dealkylation sites (N-methyl/N-ethyl adjacent to an activating group) is 1. The molecule has 2 aromatic rings. The fraction of sp³-hybridized carbons (Fsp3) is 0.500. The van der Waals surface area contributed by atoms with E-state index in [9.17, 15) is 9.90 Å². The van der Waals surface area contributed by atoms with E-state index in [1.54, 1.807) is 14.1 Å². The van der Waals surface area contributed by atoms with Gasteiger partial charge >= 0.3 is 0 Å². The molecule has 33 heavy (non-hydrogen) atoms. The molecule has 1 aliphatic carbocycles. The highest BCUT2D eigenvalue weighted by Gasteiger charge is 2.28. The number of hydrogen-bond donors (Lipinski definition) is 2. The van der Waals surface area contributed by atoms with E-state index in [2.05, 4.69) is 11.4 Å². The first kappa shape index (κ1) is 23.5. The highest BCUT2D eigenvalue weighted by molar-refractivity contribution is 5.77. The van der Waals surface area contributed by atoms with Gasteiger partial charge in [0.1, 0.15) is 11.5 Å². The number of rotatable bonds is 7. The molecule has 0 radical (unpaired) electrons. The van der Waals surface area contributed by atoms with Crippen molar-refractivity contribution in [1.29, 1.82) is 0 Å². The molecule has 0 saturated heterocycles. The lowest BCUT2D eigenvalue weighted by Crippen LogP contribution is -2.37. The molecule has 7 nitrogen and oxygen atoms in total. The Labute approximate surface area is 195 Å². The van der Waals surface area contributed by atoms with Crippen LogP contribution in [0.1, 0.15) is 48.6 Å². The molecule has 1 heterocycles. The number of fused-ring (bicyclic) bond motifs is 2. The molecule has 2 atom stereocenters. The number of aliphatic hydroxyl groups is 1. The smallest absolute Gasteiger partial charge is 0.259 e. The van der Waals surface area contributed by atoms with Gasteiger partial charge in [0.15, 0.2) is 6.61 Å². The molecular weight excluding hydrogens is 420 g/mol. The van der Waals surface area contributed by atoms with Crippen molar-refractivity contribution >= 4 is 5.91 Å². The second-order valence-electron chi connectivity index (χ2n) is 9.53. The van der Waals surface area contributed by atoms with Gasteiger partial charge in [-0.15, -0.1) is 0 Å². The number of aryl methyl sites for hydroxylation is 1. The standard InChI is InChI=1S/C26H34N2O5/c1-26(2)32-15-20-11-18(7-10-24(20)33-26)23(29)14-27-21-8-5-17-6-9-22(13-19(17)12-21)31-16-25(30)28(3)4/h6-7,9-11,13,21,23,27,29H,5,8,12,14-16H2,1-4H3/t21-,23+/m1/s1. The summed E-state index contributed by atoms with van der Waals surface area (Å²) >= 11 is 0. The molecule has 0 fully saturated rings. The maximum absolute atomic E-state index is 11.8. The molecular formula is C26H34N2O5. The lowest BCUT2D eigenvalue weighted by atomic mass is 9.88. The van der Waals surface area contributed by atoms with Crippen LogP contribution in [0.5, 0.6) is 11.5 Å². The predicted octanol–water partition coefficient (Wildman–Crippen LogP) is 2.98. The Balaban J connectivity index is 1.32.